The quantitative estimate of drug-likeness (QED) is 0.0503. The normalized spacial score (nSPS) is 14.1. The summed E-state index contributed by atoms with van der Waals surface area (Å²) >= 11 is 0. The number of benzene rings is 9. The second kappa shape index (κ2) is 27.5. The second-order valence-corrected chi connectivity index (χ2v) is 26.2. The van der Waals surface area contributed by atoms with Crippen molar-refractivity contribution in [2.75, 3.05) is 14.2 Å². The van der Waals surface area contributed by atoms with E-state index < -0.39 is 22.0 Å². The van der Waals surface area contributed by atoms with Crippen LogP contribution < -0.4 is 18.9 Å². The Labute approximate surface area is 556 Å². The molecule has 1 unspecified atom stereocenters. The van der Waals surface area contributed by atoms with Crippen molar-refractivity contribution in [3.63, 3.8) is 0 Å². The van der Waals surface area contributed by atoms with Crippen LogP contribution in [0.4, 0.5) is 0 Å². The molecular formula is C84H78O11. The van der Waals surface area contributed by atoms with Crippen LogP contribution in [0.2, 0.25) is 0 Å². The number of hydrogen-bond donors (Lipinski definition) is 0. The fourth-order valence-corrected chi connectivity index (χ4v) is 11.1. The van der Waals surface area contributed by atoms with E-state index in [1.54, 1.807) is 196 Å². The zero-order valence-corrected chi connectivity index (χ0v) is 55.8. The molecular weight excluding hydrogens is 1180 g/mol. The SMILES string of the molecule is CCC1(C)C=C(Oc2ccc(C(=O)c3ccc(OC)cc3)cc2)C=CC(C(=O)c2ccc(C(=O)c3ccc(C(C)(C)C(C)(C)Oc4ccc(C(=O)c5ccc(Oc6ccc(C(=O)c7ccc(C(=O)c8ccc(C(C)(C)C(C)(C)OC)cc8)cc7)cc6)cc5)cc4)cc3)cc2)=C1. The Kier molecular flexibility index (Phi) is 19.5. The standard InChI is InChI=1S/C84H78O11/c1-13-84(10)52-65(36-51-73(53-84)94-71-47-32-63(33-48-71)77(88)60-26-41-68(91-11)42-27-60)79(90)57-20-18-55(19-21-57)75(86)59-24-39-67(40-25-59)81(4,5)83(8,9)95-72-49-34-64(35-50-72)78(89)62-30-45-70(46-31-62)93-69-43-28-61(29-44-69)76(87)56-16-14-54(15-17-56)74(85)58-22-37-66(38-23-58)80(2,3)82(6,7)92-12/h14-53H,13H2,1-12H3. The highest BCUT2D eigenvalue weighted by atomic mass is 16.5. The maximum absolute atomic E-state index is 14.1. The molecule has 1 aliphatic carbocycles. The highest BCUT2D eigenvalue weighted by molar-refractivity contribution is 6.14. The van der Waals surface area contributed by atoms with Crippen LogP contribution in [-0.2, 0) is 15.6 Å². The molecule has 0 amide bonds. The summed E-state index contributed by atoms with van der Waals surface area (Å²) < 4.78 is 30.0. The van der Waals surface area contributed by atoms with E-state index in [4.69, 9.17) is 23.7 Å². The molecule has 0 heterocycles. The van der Waals surface area contributed by atoms with Gasteiger partial charge in [-0.2, -0.15) is 0 Å². The third kappa shape index (κ3) is 14.8. The molecule has 480 valence electrons. The monoisotopic (exact) mass is 1260 g/mol. The molecule has 0 fully saturated rings. The van der Waals surface area contributed by atoms with Crippen molar-refractivity contribution >= 4 is 34.7 Å². The van der Waals surface area contributed by atoms with Gasteiger partial charge in [0.1, 0.15) is 40.1 Å². The van der Waals surface area contributed by atoms with Crippen LogP contribution in [0.1, 0.15) is 177 Å². The minimum atomic E-state index is -0.751. The van der Waals surface area contributed by atoms with Crippen LogP contribution in [0.25, 0.3) is 0 Å². The first-order chi connectivity index (χ1) is 45.2. The lowest BCUT2D eigenvalue weighted by atomic mass is 9.71. The van der Waals surface area contributed by atoms with Gasteiger partial charge in [-0.05, 0) is 185 Å². The van der Waals surface area contributed by atoms with Crippen LogP contribution in [-0.4, -0.2) is 60.1 Å². The third-order valence-corrected chi connectivity index (χ3v) is 19.1. The van der Waals surface area contributed by atoms with E-state index >= 15 is 0 Å². The summed E-state index contributed by atoms with van der Waals surface area (Å²) in [7, 11) is 3.28. The van der Waals surface area contributed by atoms with E-state index in [0.29, 0.717) is 108 Å². The molecule has 1 aliphatic rings. The number of hydrogen-bond acceptors (Lipinski definition) is 11. The Morgan fingerprint density at radius 2 is 0.600 bits per heavy atom. The first kappa shape index (κ1) is 67.3. The van der Waals surface area contributed by atoms with Crippen LogP contribution >= 0.6 is 0 Å². The number of ketones is 6. The lowest BCUT2D eigenvalue weighted by molar-refractivity contribution is -0.0341. The summed E-state index contributed by atoms with van der Waals surface area (Å²) in [6, 6.07) is 63.2. The number of carbonyl (C=O) groups is 6. The summed E-state index contributed by atoms with van der Waals surface area (Å²) in [5.41, 5.74) is 5.35. The summed E-state index contributed by atoms with van der Waals surface area (Å²) in [4.78, 5) is 81.6. The number of carbonyl (C=O) groups excluding carboxylic acids is 6. The largest absolute Gasteiger partial charge is 0.497 e. The molecule has 0 N–H and O–H groups in total. The van der Waals surface area contributed by atoms with Crippen molar-refractivity contribution in [1.82, 2.24) is 0 Å². The first-order valence-electron chi connectivity index (χ1n) is 31.7. The van der Waals surface area contributed by atoms with Gasteiger partial charge in [-0.15, -0.1) is 0 Å². The lowest BCUT2D eigenvalue weighted by Crippen LogP contribution is -2.47. The Bertz CT molecular complexity index is 4410. The predicted molar refractivity (Wildman–Crippen MR) is 372 cm³/mol. The number of allylic oxidation sites excluding steroid dienone is 5. The Hall–Kier alpha value is -10.6. The molecule has 95 heavy (non-hydrogen) atoms. The van der Waals surface area contributed by atoms with E-state index in [9.17, 15) is 28.8 Å². The van der Waals surface area contributed by atoms with E-state index in [0.717, 1.165) is 11.1 Å². The number of Topliss-reactive ketones (excluding diaryl/α,β-unsaturated/α-hetero) is 1. The van der Waals surface area contributed by atoms with Crippen LogP contribution in [0.15, 0.2) is 254 Å². The molecule has 0 radical (unpaired) electrons. The van der Waals surface area contributed by atoms with E-state index in [1.165, 1.54) is 0 Å². The van der Waals surface area contributed by atoms with Gasteiger partial charge in [-0.3, -0.25) is 28.8 Å². The van der Waals surface area contributed by atoms with Crippen molar-refractivity contribution in [2.45, 2.75) is 97.7 Å². The van der Waals surface area contributed by atoms with Gasteiger partial charge in [0.05, 0.1) is 12.7 Å². The number of methoxy groups -OCH3 is 2. The van der Waals surface area contributed by atoms with E-state index in [-0.39, 0.29) is 40.1 Å². The maximum atomic E-state index is 14.1. The molecule has 0 saturated heterocycles. The highest BCUT2D eigenvalue weighted by Crippen LogP contribution is 2.40. The minimum Gasteiger partial charge on any atom is -0.497 e. The average molecular weight is 1260 g/mol. The predicted octanol–water partition coefficient (Wildman–Crippen LogP) is 18.5. The first-order valence-corrected chi connectivity index (χ1v) is 31.7. The van der Waals surface area contributed by atoms with Crippen molar-refractivity contribution in [2.24, 2.45) is 5.41 Å². The highest BCUT2D eigenvalue weighted by Gasteiger charge is 2.41. The van der Waals surface area contributed by atoms with Crippen molar-refractivity contribution in [1.29, 1.82) is 0 Å². The number of ether oxygens (including phenoxy) is 5. The Morgan fingerprint density at radius 1 is 0.326 bits per heavy atom. The molecule has 9 aromatic rings. The van der Waals surface area contributed by atoms with Crippen LogP contribution in [0.3, 0.4) is 0 Å². The Morgan fingerprint density at radius 3 is 0.916 bits per heavy atom. The molecule has 11 nitrogen and oxygen atoms in total. The van der Waals surface area contributed by atoms with Crippen molar-refractivity contribution < 1.29 is 52.5 Å². The fraction of sp³-hybridized carbons (Fsp3) is 0.214. The third-order valence-electron chi connectivity index (χ3n) is 19.1. The molecule has 0 aliphatic heterocycles. The second-order valence-electron chi connectivity index (χ2n) is 26.2. The van der Waals surface area contributed by atoms with Gasteiger partial charge in [0.2, 0.25) is 0 Å². The van der Waals surface area contributed by atoms with Gasteiger partial charge in [0, 0.05) is 90.1 Å². The van der Waals surface area contributed by atoms with Crippen LogP contribution in [0, 0.1) is 5.41 Å². The summed E-state index contributed by atoms with van der Waals surface area (Å²) in [5.74, 6) is 2.40. The Balaban J connectivity index is 0.697. The van der Waals surface area contributed by atoms with Gasteiger partial charge in [-0.1, -0.05) is 145 Å². The van der Waals surface area contributed by atoms with Gasteiger partial charge >= 0.3 is 0 Å². The molecule has 10 rings (SSSR count). The van der Waals surface area contributed by atoms with Crippen molar-refractivity contribution in [3.8, 4) is 28.7 Å². The van der Waals surface area contributed by atoms with Gasteiger partial charge in [0.25, 0.3) is 0 Å². The van der Waals surface area contributed by atoms with E-state index in [2.05, 4.69) is 27.7 Å². The minimum absolute atomic E-state index is 0.116. The maximum Gasteiger partial charge on any atom is 0.193 e. The molecule has 0 saturated carbocycles. The fourth-order valence-electron chi connectivity index (χ4n) is 11.1. The smallest absolute Gasteiger partial charge is 0.193 e. The summed E-state index contributed by atoms with van der Waals surface area (Å²) in [5, 5.41) is 0. The molecule has 9 aromatic carbocycles. The zero-order valence-electron chi connectivity index (χ0n) is 55.8. The average Bonchev–Trinajstić information content (AvgIpc) is 1.16. The van der Waals surface area contributed by atoms with Crippen LogP contribution in [0.5, 0.6) is 28.7 Å². The summed E-state index contributed by atoms with van der Waals surface area (Å²) in [6.07, 6.45) is 8.16. The molecule has 1 atom stereocenters. The lowest BCUT2D eigenvalue weighted by Gasteiger charge is -2.42. The van der Waals surface area contributed by atoms with E-state index in [1.807, 2.05) is 102 Å². The van der Waals surface area contributed by atoms with Crippen molar-refractivity contribution in [3.05, 3.63) is 326 Å². The molecule has 0 aromatic heterocycles. The summed E-state index contributed by atoms with van der Waals surface area (Å²) in [6.45, 7) is 20.6. The topological polar surface area (TPSA) is 149 Å². The number of rotatable bonds is 25. The van der Waals surface area contributed by atoms with Gasteiger partial charge in [0.15, 0.2) is 34.7 Å². The molecule has 0 bridgehead atoms. The molecule has 0 spiro atoms. The zero-order chi connectivity index (χ0) is 68.0. The van der Waals surface area contributed by atoms with Gasteiger partial charge < -0.3 is 23.7 Å². The van der Waals surface area contributed by atoms with Gasteiger partial charge in [-0.25, -0.2) is 0 Å². The molecule has 11 heteroatoms.